The Hall–Kier alpha value is -2.77. The highest BCUT2D eigenvalue weighted by molar-refractivity contribution is 7.99. The van der Waals surface area contributed by atoms with Gasteiger partial charge in [0.1, 0.15) is 0 Å². The molecule has 0 atom stereocenters. The van der Waals surface area contributed by atoms with E-state index in [1.54, 1.807) is 36.0 Å². The molecule has 0 fully saturated rings. The largest absolute Gasteiger partial charge is 0.321 e. The molecule has 1 N–H and O–H groups in total. The predicted octanol–water partition coefficient (Wildman–Crippen LogP) is 5.18. The minimum Gasteiger partial charge on any atom is -0.321 e. The number of para-hydroxylation sites is 1. The highest BCUT2D eigenvalue weighted by Crippen LogP contribution is 2.28. The summed E-state index contributed by atoms with van der Waals surface area (Å²) in [6, 6.07) is 20.9. The second kappa shape index (κ2) is 9.36. The molecule has 0 heterocycles. The summed E-state index contributed by atoms with van der Waals surface area (Å²) in [5, 5.41) is 2.89. The third-order valence-electron chi connectivity index (χ3n) is 4.59. The van der Waals surface area contributed by atoms with E-state index in [9.17, 15) is 13.2 Å². The zero-order valence-electron chi connectivity index (χ0n) is 17.1. The van der Waals surface area contributed by atoms with Gasteiger partial charge >= 0.3 is 0 Å². The van der Waals surface area contributed by atoms with Crippen LogP contribution in [0.3, 0.4) is 0 Å². The lowest BCUT2D eigenvalue weighted by molar-refractivity contribution is 0.102. The van der Waals surface area contributed by atoms with Gasteiger partial charge < -0.3 is 5.32 Å². The molecule has 0 saturated heterocycles. The minimum absolute atomic E-state index is 0.0643. The molecule has 0 bridgehead atoms. The zero-order valence-corrected chi connectivity index (χ0v) is 18.8. The van der Waals surface area contributed by atoms with E-state index in [0.717, 1.165) is 16.2 Å². The van der Waals surface area contributed by atoms with Crippen LogP contribution in [0.5, 0.6) is 0 Å². The number of anilines is 2. The Balaban J connectivity index is 1.86. The lowest BCUT2D eigenvalue weighted by atomic mass is 10.2. The first-order valence-electron chi connectivity index (χ1n) is 9.51. The number of nitrogens with one attached hydrogen (secondary N) is 1. The summed E-state index contributed by atoms with van der Waals surface area (Å²) in [7, 11) is -2.30. The van der Waals surface area contributed by atoms with Gasteiger partial charge in [0.05, 0.1) is 16.3 Å². The van der Waals surface area contributed by atoms with Crippen molar-refractivity contribution in [2.24, 2.45) is 0 Å². The molecule has 0 saturated carbocycles. The van der Waals surface area contributed by atoms with Crippen molar-refractivity contribution in [3.05, 3.63) is 83.9 Å². The van der Waals surface area contributed by atoms with Gasteiger partial charge in [-0.15, -0.1) is 11.8 Å². The number of thioether (sulfide) groups is 1. The third kappa shape index (κ3) is 4.86. The van der Waals surface area contributed by atoms with Crippen LogP contribution in [0.15, 0.2) is 82.6 Å². The predicted molar refractivity (Wildman–Crippen MR) is 124 cm³/mol. The second-order valence-corrected chi connectivity index (χ2v) is 9.99. The number of hydrogen-bond acceptors (Lipinski definition) is 4. The Bertz CT molecular complexity index is 1140. The van der Waals surface area contributed by atoms with Crippen molar-refractivity contribution >= 4 is 39.1 Å². The molecule has 3 aromatic rings. The van der Waals surface area contributed by atoms with Crippen molar-refractivity contribution in [2.75, 3.05) is 22.4 Å². The SMILES string of the molecule is CCSc1ccccc1NC(=O)c1cccc(S(=O)(=O)N(C)c2ccc(C)cc2)c1. The van der Waals surface area contributed by atoms with Crippen LogP contribution in [-0.4, -0.2) is 27.1 Å². The maximum absolute atomic E-state index is 13.1. The lowest BCUT2D eigenvalue weighted by Crippen LogP contribution is -2.26. The van der Waals surface area contributed by atoms with Gasteiger partial charge in [0.15, 0.2) is 0 Å². The first kappa shape index (κ1) is 21.9. The van der Waals surface area contributed by atoms with Gasteiger partial charge in [-0.1, -0.05) is 42.8 Å². The average molecular weight is 441 g/mol. The summed E-state index contributed by atoms with van der Waals surface area (Å²) in [5.74, 6) is 0.528. The van der Waals surface area contributed by atoms with Crippen molar-refractivity contribution in [3.8, 4) is 0 Å². The van der Waals surface area contributed by atoms with Crippen LogP contribution in [0.2, 0.25) is 0 Å². The minimum atomic E-state index is -3.80. The van der Waals surface area contributed by atoms with Crippen LogP contribution in [0.25, 0.3) is 0 Å². The molecule has 156 valence electrons. The van der Waals surface area contributed by atoms with Crippen LogP contribution in [-0.2, 0) is 10.0 Å². The summed E-state index contributed by atoms with van der Waals surface area (Å²) < 4.78 is 27.4. The van der Waals surface area contributed by atoms with E-state index in [2.05, 4.69) is 5.32 Å². The fourth-order valence-electron chi connectivity index (χ4n) is 2.90. The molecule has 0 aliphatic rings. The van der Waals surface area contributed by atoms with Crippen LogP contribution in [0.4, 0.5) is 11.4 Å². The second-order valence-electron chi connectivity index (χ2n) is 6.72. The monoisotopic (exact) mass is 440 g/mol. The molecule has 0 aliphatic heterocycles. The van der Waals surface area contributed by atoms with E-state index in [1.165, 1.54) is 23.5 Å². The smallest absolute Gasteiger partial charge is 0.264 e. The van der Waals surface area contributed by atoms with Crippen LogP contribution < -0.4 is 9.62 Å². The van der Waals surface area contributed by atoms with Crippen molar-refractivity contribution in [1.82, 2.24) is 0 Å². The molecule has 0 radical (unpaired) electrons. The number of rotatable bonds is 7. The quantitative estimate of drug-likeness (QED) is 0.514. The van der Waals surface area contributed by atoms with Gasteiger partial charge in [-0.25, -0.2) is 8.42 Å². The number of sulfonamides is 1. The van der Waals surface area contributed by atoms with Gasteiger partial charge in [0.25, 0.3) is 15.9 Å². The van der Waals surface area contributed by atoms with E-state index in [-0.39, 0.29) is 16.4 Å². The first-order valence-corrected chi connectivity index (χ1v) is 11.9. The summed E-state index contributed by atoms with van der Waals surface area (Å²) >= 11 is 1.63. The van der Waals surface area contributed by atoms with Gasteiger partial charge in [0, 0.05) is 17.5 Å². The van der Waals surface area contributed by atoms with Crippen LogP contribution in [0.1, 0.15) is 22.8 Å². The third-order valence-corrected chi connectivity index (χ3v) is 7.32. The standard InChI is InChI=1S/C23H24N2O3S2/c1-4-29-22-11-6-5-10-21(22)24-23(26)18-8-7-9-20(16-18)30(27,28)25(3)19-14-12-17(2)13-15-19/h5-16H,4H2,1-3H3,(H,24,26). The maximum atomic E-state index is 13.1. The van der Waals surface area contributed by atoms with E-state index in [4.69, 9.17) is 0 Å². The van der Waals surface area contributed by atoms with Crippen LogP contribution >= 0.6 is 11.8 Å². The Morgan fingerprint density at radius 2 is 1.70 bits per heavy atom. The summed E-state index contributed by atoms with van der Waals surface area (Å²) in [5.41, 5.74) is 2.59. The summed E-state index contributed by atoms with van der Waals surface area (Å²) in [6.45, 7) is 3.99. The fourth-order valence-corrected chi connectivity index (χ4v) is 4.90. The molecule has 0 aliphatic carbocycles. The molecule has 0 aromatic heterocycles. The van der Waals surface area contributed by atoms with Crippen LogP contribution in [0, 0.1) is 6.92 Å². The van der Waals surface area contributed by atoms with Gasteiger partial charge in [0.2, 0.25) is 0 Å². The molecule has 30 heavy (non-hydrogen) atoms. The first-order chi connectivity index (χ1) is 14.3. The van der Waals surface area contributed by atoms with Crippen molar-refractivity contribution in [2.45, 2.75) is 23.6 Å². The van der Waals surface area contributed by atoms with Crippen molar-refractivity contribution in [3.63, 3.8) is 0 Å². The number of amides is 1. The highest BCUT2D eigenvalue weighted by atomic mass is 32.2. The van der Waals surface area contributed by atoms with E-state index < -0.39 is 10.0 Å². The number of benzene rings is 3. The van der Waals surface area contributed by atoms with Crippen molar-refractivity contribution < 1.29 is 13.2 Å². The maximum Gasteiger partial charge on any atom is 0.264 e. The van der Waals surface area contributed by atoms with E-state index in [0.29, 0.717) is 11.4 Å². The Morgan fingerprint density at radius 1 is 1.00 bits per heavy atom. The number of carbonyl (C=O) groups is 1. The summed E-state index contributed by atoms with van der Waals surface area (Å²) in [4.78, 5) is 13.8. The molecule has 7 heteroatoms. The Labute approximate surface area is 182 Å². The average Bonchev–Trinajstić information content (AvgIpc) is 2.75. The molecule has 0 spiro atoms. The highest BCUT2D eigenvalue weighted by Gasteiger charge is 2.22. The summed E-state index contributed by atoms with van der Waals surface area (Å²) in [6.07, 6.45) is 0. The molecular weight excluding hydrogens is 416 g/mol. The van der Waals surface area contributed by atoms with E-state index in [1.807, 2.05) is 50.2 Å². The number of aryl methyl sites for hydroxylation is 1. The lowest BCUT2D eigenvalue weighted by Gasteiger charge is -2.20. The molecule has 1 amide bonds. The van der Waals surface area contributed by atoms with E-state index >= 15 is 0 Å². The number of nitrogens with zero attached hydrogens (tertiary/aromatic N) is 1. The molecule has 0 unspecified atom stereocenters. The Morgan fingerprint density at radius 3 is 2.40 bits per heavy atom. The topological polar surface area (TPSA) is 66.5 Å². The van der Waals surface area contributed by atoms with Crippen molar-refractivity contribution in [1.29, 1.82) is 0 Å². The fraction of sp³-hybridized carbons (Fsp3) is 0.174. The van der Waals surface area contributed by atoms with Gasteiger partial charge in [-0.05, 0) is 55.1 Å². The molecular formula is C23H24N2O3S2. The molecule has 3 rings (SSSR count). The van der Waals surface area contributed by atoms with Gasteiger partial charge in [-0.2, -0.15) is 0 Å². The molecule has 3 aromatic carbocycles. The Kier molecular flexibility index (Phi) is 6.84. The molecule has 5 nitrogen and oxygen atoms in total. The number of hydrogen-bond donors (Lipinski definition) is 1. The van der Waals surface area contributed by atoms with Gasteiger partial charge in [-0.3, -0.25) is 9.10 Å². The number of carbonyl (C=O) groups excluding carboxylic acids is 1. The normalized spacial score (nSPS) is 11.2. The zero-order chi connectivity index (χ0) is 21.7.